The molecule has 0 fully saturated rings. The molecule has 14 heavy (non-hydrogen) atoms. The molecule has 0 amide bonds. The lowest BCUT2D eigenvalue weighted by atomic mass is 9.75. The molecule has 0 aromatic carbocycles. The molecule has 5 heteroatoms. The molecule has 0 heterocycles. The Hall–Kier alpha value is -0.250. The zero-order chi connectivity index (χ0) is 11.8. The van der Waals surface area contributed by atoms with Crippen LogP contribution in [0.2, 0.25) is 0 Å². The van der Waals surface area contributed by atoms with Crippen LogP contribution in [-0.2, 0) is 4.79 Å². The Morgan fingerprint density at radius 3 is 1.71 bits per heavy atom. The molecule has 84 valence electrons. The molecule has 0 atom stereocenters. The van der Waals surface area contributed by atoms with Crippen molar-refractivity contribution in [3.63, 3.8) is 0 Å². The van der Waals surface area contributed by atoms with E-state index in [2.05, 4.69) is 0 Å². The monoisotopic (exact) mass is 230 g/mol. The summed E-state index contributed by atoms with van der Waals surface area (Å²) in [4.78, 5) is 10.9. The Kier molecular flexibility index (Phi) is 3.65. The van der Waals surface area contributed by atoms with Crippen LogP contribution in [0.4, 0.5) is 13.2 Å². The van der Waals surface area contributed by atoms with Crippen LogP contribution in [0.5, 0.6) is 0 Å². The van der Waals surface area contributed by atoms with Crippen LogP contribution in [0.15, 0.2) is 0 Å². The maximum Gasteiger partial charge on any atom is 0.394 e. The number of hydrogen-bond donors (Lipinski definition) is 0. The van der Waals surface area contributed by atoms with E-state index in [-0.39, 0.29) is 6.42 Å². The topological polar surface area (TPSA) is 17.1 Å². The highest BCUT2D eigenvalue weighted by Crippen LogP contribution is 2.46. The maximum atomic E-state index is 12.5. The van der Waals surface area contributed by atoms with Crippen molar-refractivity contribution in [1.29, 1.82) is 0 Å². The van der Waals surface area contributed by atoms with Gasteiger partial charge in [0.15, 0.2) is 0 Å². The Bertz CT molecular complexity index is 231. The highest BCUT2D eigenvalue weighted by atomic mass is 35.5. The Labute approximate surface area is 86.6 Å². The molecule has 0 N–H and O–H groups in total. The fourth-order valence-corrected chi connectivity index (χ4v) is 1.34. The third-order valence-corrected chi connectivity index (χ3v) is 2.69. The molecule has 0 aliphatic heterocycles. The van der Waals surface area contributed by atoms with E-state index in [1.165, 1.54) is 13.8 Å². The van der Waals surface area contributed by atoms with Crippen LogP contribution < -0.4 is 0 Å². The van der Waals surface area contributed by atoms with Gasteiger partial charge in [-0.25, -0.2) is 0 Å². The largest absolute Gasteiger partial charge is 0.394 e. The summed E-state index contributed by atoms with van der Waals surface area (Å²) in [5.74, 6) is 0. The molecule has 0 unspecified atom stereocenters. The van der Waals surface area contributed by atoms with E-state index in [1.54, 1.807) is 0 Å². The van der Waals surface area contributed by atoms with Gasteiger partial charge in [0.1, 0.15) is 0 Å². The van der Waals surface area contributed by atoms with Gasteiger partial charge in [0, 0.05) is 5.41 Å². The average Bonchev–Trinajstić information content (AvgIpc) is 1.80. The number of halogens is 4. The predicted molar refractivity (Wildman–Crippen MR) is 49.1 cm³/mol. The second kappa shape index (κ2) is 3.72. The van der Waals surface area contributed by atoms with Crippen LogP contribution in [0.1, 0.15) is 34.1 Å². The van der Waals surface area contributed by atoms with Crippen molar-refractivity contribution < 1.29 is 18.0 Å². The van der Waals surface area contributed by atoms with Crippen molar-refractivity contribution in [3.05, 3.63) is 0 Å². The van der Waals surface area contributed by atoms with Gasteiger partial charge in [-0.15, -0.1) is 0 Å². The summed E-state index contributed by atoms with van der Waals surface area (Å²) in [6.07, 6.45) is -4.64. The lowest BCUT2D eigenvalue weighted by Gasteiger charge is -2.34. The molecule has 0 aliphatic rings. The van der Waals surface area contributed by atoms with Gasteiger partial charge in [-0.05, 0) is 18.0 Å². The minimum atomic E-state index is -4.32. The fraction of sp³-hybridized carbons (Fsp3) is 0.889. The first-order valence-corrected chi connectivity index (χ1v) is 4.55. The van der Waals surface area contributed by atoms with Crippen molar-refractivity contribution in [2.45, 2.75) is 40.3 Å². The van der Waals surface area contributed by atoms with Crippen molar-refractivity contribution in [2.24, 2.45) is 10.8 Å². The fourth-order valence-electron chi connectivity index (χ4n) is 1.27. The van der Waals surface area contributed by atoms with Crippen molar-refractivity contribution in [3.8, 4) is 0 Å². The zero-order valence-corrected chi connectivity index (χ0v) is 9.38. The number of rotatable bonds is 3. The van der Waals surface area contributed by atoms with Crippen LogP contribution in [0, 0.1) is 10.8 Å². The molecule has 0 rings (SSSR count). The summed E-state index contributed by atoms with van der Waals surface area (Å²) in [5.41, 5.74) is -3.05. The average molecular weight is 231 g/mol. The molecule has 0 bridgehead atoms. The zero-order valence-electron chi connectivity index (χ0n) is 8.63. The summed E-state index contributed by atoms with van der Waals surface area (Å²) in [5, 5.41) is -0.741. The SMILES string of the molecule is CC(C)(CC(C)(C)C(F)(F)F)C(=O)Cl. The summed E-state index contributed by atoms with van der Waals surface area (Å²) in [6, 6.07) is 0. The Morgan fingerprint density at radius 1 is 1.14 bits per heavy atom. The number of alkyl halides is 3. The van der Waals surface area contributed by atoms with Gasteiger partial charge in [-0.3, -0.25) is 4.79 Å². The second-order valence-corrected chi connectivity index (χ2v) is 5.06. The van der Waals surface area contributed by atoms with Crippen LogP contribution in [0.25, 0.3) is 0 Å². The van der Waals surface area contributed by atoms with Gasteiger partial charge >= 0.3 is 6.18 Å². The third kappa shape index (κ3) is 3.15. The standard InChI is InChI=1S/C9H14ClF3O/c1-7(2,6(10)14)5-8(3,4)9(11,12)13/h5H2,1-4H3. The molecular weight excluding hydrogens is 217 g/mol. The minimum absolute atomic E-state index is 0.314. The van der Waals surface area contributed by atoms with E-state index in [1.807, 2.05) is 0 Å². The smallest absolute Gasteiger partial charge is 0.281 e. The molecule has 0 aliphatic carbocycles. The molecular formula is C9H14ClF3O. The van der Waals surface area contributed by atoms with E-state index in [0.717, 1.165) is 13.8 Å². The second-order valence-electron chi connectivity index (χ2n) is 4.72. The van der Waals surface area contributed by atoms with Gasteiger partial charge < -0.3 is 0 Å². The van der Waals surface area contributed by atoms with Gasteiger partial charge in [-0.1, -0.05) is 27.7 Å². The maximum absolute atomic E-state index is 12.5. The minimum Gasteiger partial charge on any atom is -0.281 e. The normalized spacial score (nSPS) is 14.3. The van der Waals surface area contributed by atoms with Crippen LogP contribution >= 0.6 is 11.6 Å². The summed E-state index contributed by atoms with van der Waals surface area (Å²) >= 11 is 5.22. The summed E-state index contributed by atoms with van der Waals surface area (Å²) in [7, 11) is 0. The summed E-state index contributed by atoms with van der Waals surface area (Å²) < 4.78 is 37.4. The molecule has 0 spiro atoms. The van der Waals surface area contributed by atoms with Crippen LogP contribution in [-0.4, -0.2) is 11.4 Å². The molecule has 0 aromatic rings. The number of carbonyl (C=O) groups excluding carboxylic acids is 1. The number of carbonyl (C=O) groups is 1. The van der Waals surface area contributed by atoms with E-state index in [0.29, 0.717) is 0 Å². The lowest BCUT2D eigenvalue weighted by molar-refractivity contribution is -0.219. The highest BCUT2D eigenvalue weighted by molar-refractivity contribution is 6.64. The van der Waals surface area contributed by atoms with Gasteiger partial charge in [0.25, 0.3) is 0 Å². The summed E-state index contributed by atoms with van der Waals surface area (Å²) in [6.45, 7) is 4.95. The van der Waals surface area contributed by atoms with E-state index >= 15 is 0 Å². The molecule has 0 saturated heterocycles. The molecule has 0 aromatic heterocycles. The first-order chi connectivity index (χ1) is 5.90. The van der Waals surface area contributed by atoms with E-state index in [4.69, 9.17) is 11.6 Å². The van der Waals surface area contributed by atoms with Gasteiger partial charge in [0.2, 0.25) is 5.24 Å². The molecule has 0 saturated carbocycles. The highest BCUT2D eigenvalue weighted by Gasteiger charge is 2.50. The quantitative estimate of drug-likeness (QED) is 0.675. The van der Waals surface area contributed by atoms with Crippen molar-refractivity contribution in [1.82, 2.24) is 0 Å². The lowest BCUT2D eigenvalue weighted by Crippen LogP contribution is -2.38. The molecule has 1 nitrogen and oxygen atoms in total. The first-order valence-electron chi connectivity index (χ1n) is 4.17. The van der Waals surface area contributed by atoms with Crippen molar-refractivity contribution >= 4 is 16.8 Å². The van der Waals surface area contributed by atoms with Crippen LogP contribution in [0.3, 0.4) is 0 Å². The van der Waals surface area contributed by atoms with Gasteiger partial charge in [0.05, 0.1) is 5.41 Å². The predicted octanol–water partition coefficient (Wildman–Crippen LogP) is 3.76. The van der Waals surface area contributed by atoms with E-state index < -0.39 is 22.2 Å². The van der Waals surface area contributed by atoms with E-state index in [9.17, 15) is 18.0 Å². The number of hydrogen-bond acceptors (Lipinski definition) is 1. The molecule has 0 radical (unpaired) electrons. The van der Waals surface area contributed by atoms with Crippen molar-refractivity contribution in [2.75, 3.05) is 0 Å². The first kappa shape index (κ1) is 13.8. The Morgan fingerprint density at radius 2 is 1.50 bits per heavy atom. The Balaban J connectivity index is 4.76. The third-order valence-electron chi connectivity index (χ3n) is 2.18. The van der Waals surface area contributed by atoms with Gasteiger partial charge in [-0.2, -0.15) is 13.2 Å².